The predicted octanol–water partition coefficient (Wildman–Crippen LogP) is 3.49. The molecule has 0 radical (unpaired) electrons. The van der Waals surface area contributed by atoms with Crippen molar-refractivity contribution in [1.82, 2.24) is 0 Å². The van der Waals surface area contributed by atoms with Crippen molar-refractivity contribution < 1.29 is 14.6 Å². The Hall–Kier alpha value is -2.39. The summed E-state index contributed by atoms with van der Waals surface area (Å²) in [5.74, 6) is -0.506. The highest BCUT2D eigenvalue weighted by molar-refractivity contribution is 6.16. The van der Waals surface area contributed by atoms with E-state index in [1.54, 1.807) is 0 Å². The lowest BCUT2D eigenvalue weighted by molar-refractivity contribution is -0.0520. The van der Waals surface area contributed by atoms with Crippen molar-refractivity contribution >= 4 is 27.5 Å². The van der Waals surface area contributed by atoms with E-state index in [0.29, 0.717) is 5.56 Å². The summed E-state index contributed by atoms with van der Waals surface area (Å²) in [6.45, 7) is 1.42. The number of carbonyl (C=O) groups excluding carboxylic acids is 1. The van der Waals surface area contributed by atoms with Gasteiger partial charge in [0, 0.05) is 0 Å². The highest BCUT2D eigenvalue weighted by atomic mass is 16.6. The van der Waals surface area contributed by atoms with E-state index in [0.717, 1.165) is 21.5 Å². The molecular formula is C17H14O3. The van der Waals surface area contributed by atoms with Crippen LogP contribution in [0.1, 0.15) is 17.3 Å². The molecule has 1 N–H and O–H groups in total. The smallest absolute Gasteiger partial charge is 0.341 e. The number of fused-ring (bicyclic) bond motifs is 2. The van der Waals surface area contributed by atoms with E-state index < -0.39 is 12.3 Å². The third kappa shape index (κ3) is 2.12. The molecule has 0 amide bonds. The summed E-state index contributed by atoms with van der Waals surface area (Å²) in [7, 11) is 0. The Kier molecular flexibility index (Phi) is 3.12. The lowest BCUT2D eigenvalue weighted by Crippen LogP contribution is -2.14. The monoisotopic (exact) mass is 266 g/mol. The largest absolute Gasteiger partial charge is 0.433 e. The van der Waals surface area contributed by atoms with Gasteiger partial charge in [0.05, 0.1) is 5.56 Å². The van der Waals surface area contributed by atoms with E-state index in [9.17, 15) is 9.90 Å². The number of hydrogen-bond acceptors (Lipinski definition) is 3. The van der Waals surface area contributed by atoms with Crippen LogP contribution in [0.15, 0.2) is 54.6 Å². The summed E-state index contributed by atoms with van der Waals surface area (Å²) in [6, 6.07) is 17.4. The molecule has 0 saturated heterocycles. The Morgan fingerprint density at radius 1 is 1.00 bits per heavy atom. The molecule has 3 rings (SSSR count). The minimum Gasteiger partial charge on any atom is -0.433 e. The average Bonchev–Trinajstić information content (AvgIpc) is 2.43. The first-order valence-corrected chi connectivity index (χ1v) is 6.46. The van der Waals surface area contributed by atoms with Crippen LogP contribution >= 0.6 is 0 Å². The predicted molar refractivity (Wildman–Crippen MR) is 78.6 cm³/mol. The summed E-state index contributed by atoms with van der Waals surface area (Å²) in [6.07, 6.45) is -1.12. The quantitative estimate of drug-likeness (QED) is 0.439. The highest BCUT2D eigenvalue weighted by Crippen LogP contribution is 2.29. The number of aliphatic hydroxyl groups is 1. The van der Waals surface area contributed by atoms with Crippen LogP contribution in [-0.2, 0) is 4.74 Å². The molecule has 3 nitrogen and oxygen atoms in total. The van der Waals surface area contributed by atoms with Gasteiger partial charge in [0.2, 0.25) is 0 Å². The fourth-order valence-corrected chi connectivity index (χ4v) is 2.45. The van der Waals surface area contributed by atoms with Gasteiger partial charge in [-0.3, -0.25) is 0 Å². The SMILES string of the molecule is CC(O)OC(=O)c1c2ccccc2cc2ccccc12. The Balaban J connectivity index is 2.36. The molecule has 0 aromatic heterocycles. The zero-order valence-electron chi connectivity index (χ0n) is 11.0. The van der Waals surface area contributed by atoms with E-state index in [-0.39, 0.29) is 0 Å². The van der Waals surface area contributed by atoms with Crippen molar-refractivity contribution in [3.8, 4) is 0 Å². The lowest BCUT2D eigenvalue weighted by atomic mass is 9.97. The summed E-state index contributed by atoms with van der Waals surface area (Å²) < 4.78 is 4.97. The van der Waals surface area contributed by atoms with E-state index in [1.807, 2.05) is 54.6 Å². The second-order valence-electron chi connectivity index (χ2n) is 4.70. The van der Waals surface area contributed by atoms with Crippen molar-refractivity contribution in [1.29, 1.82) is 0 Å². The van der Waals surface area contributed by atoms with Crippen LogP contribution in [0.5, 0.6) is 0 Å². The summed E-state index contributed by atoms with van der Waals surface area (Å²) in [4.78, 5) is 12.3. The first-order chi connectivity index (χ1) is 9.66. The molecule has 3 aromatic carbocycles. The Morgan fingerprint density at radius 3 is 2.00 bits per heavy atom. The molecule has 0 saturated carbocycles. The second-order valence-corrected chi connectivity index (χ2v) is 4.70. The van der Waals surface area contributed by atoms with Gasteiger partial charge in [-0.1, -0.05) is 48.5 Å². The van der Waals surface area contributed by atoms with Crippen LogP contribution in [-0.4, -0.2) is 17.4 Å². The van der Waals surface area contributed by atoms with Crippen LogP contribution in [0.3, 0.4) is 0 Å². The number of benzene rings is 3. The fourth-order valence-electron chi connectivity index (χ4n) is 2.45. The van der Waals surface area contributed by atoms with Crippen LogP contribution in [0.4, 0.5) is 0 Å². The molecular weight excluding hydrogens is 252 g/mol. The van der Waals surface area contributed by atoms with Crippen LogP contribution in [0.25, 0.3) is 21.5 Å². The number of carbonyl (C=O) groups is 1. The van der Waals surface area contributed by atoms with Gasteiger partial charge < -0.3 is 9.84 Å². The van der Waals surface area contributed by atoms with Gasteiger partial charge in [-0.05, 0) is 34.5 Å². The molecule has 100 valence electrons. The number of rotatable bonds is 2. The third-order valence-corrected chi connectivity index (χ3v) is 3.25. The second kappa shape index (κ2) is 4.94. The molecule has 0 aliphatic heterocycles. The van der Waals surface area contributed by atoms with Gasteiger partial charge in [-0.25, -0.2) is 4.79 Å². The van der Waals surface area contributed by atoms with Crippen LogP contribution < -0.4 is 0 Å². The normalized spacial score (nSPS) is 12.5. The van der Waals surface area contributed by atoms with Gasteiger partial charge in [-0.2, -0.15) is 0 Å². The molecule has 20 heavy (non-hydrogen) atoms. The molecule has 0 spiro atoms. The number of aliphatic hydroxyl groups excluding tert-OH is 1. The maximum absolute atomic E-state index is 12.3. The molecule has 0 aliphatic rings. The number of ether oxygens (including phenoxy) is 1. The standard InChI is InChI=1S/C17H14O3/c1-11(18)20-17(19)16-14-8-4-2-6-12(14)10-13-7-3-5-9-15(13)16/h2-11,18H,1H3. The van der Waals surface area contributed by atoms with E-state index in [4.69, 9.17) is 4.74 Å². The van der Waals surface area contributed by atoms with Crippen LogP contribution in [0.2, 0.25) is 0 Å². The van der Waals surface area contributed by atoms with Gasteiger partial charge in [0.25, 0.3) is 0 Å². The fraction of sp³-hybridized carbons (Fsp3) is 0.118. The minimum atomic E-state index is -1.12. The number of hydrogen-bond donors (Lipinski definition) is 1. The van der Waals surface area contributed by atoms with Gasteiger partial charge in [-0.15, -0.1) is 0 Å². The maximum atomic E-state index is 12.3. The summed E-state index contributed by atoms with van der Waals surface area (Å²) in [5, 5.41) is 12.9. The third-order valence-electron chi connectivity index (χ3n) is 3.25. The molecule has 1 unspecified atom stereocenters. The van der Waals surface area contributed by atoms with Gasteiger partial charge in [0.1, 0.15) is 0 Å². The van der Waals surface area contributed by atoms with E-state index >= 15 is 0 Å². The van der Waals surface area contributed by atoms with E-state index in [2.05, 4.69) is 0 Å². The van der Waals surface area contributed by atoms with Crippen molar-refractivity contribution in [2.45, 2.75) is 13.2 Å². The summed E-state index contributed by atoms with van der Waals surface area (Å²) >= 11 is 0. The van der Waals surface area contributed by atoms with E-state index in [1.165, 1.54) is 6.92 Å². The topological polar surface area (TPSA) is 46.5 Å². The molecule has 0 fully saturated rings. The zero-order valence-corrected chi connectivity index (χ0v) is 11.0. The number of esters is 1. The average molecular weight is 266 g/mol. The first-order valence-electron chi connectivity index (χ1n) is 6.46. The zero-order chi connectivity index (χ0) is 14.1. The highest BCUT2D eigenvalue weighted by Gasteiger charge is 2.17. The molecule has 3 heteroatoms. The van der Waals surface area contributed by atoms with Crippen molar-refractivity contribution in [3.63, 3.8) is 0 Å². The van der Waals surface area contributed by atoms with Crippen LogP contribution in [0, 0.1) is 0 Å². The lowest BCUT2D eigenvalue weighted by Gasteiger charge is -2.12. The Morgan fingerprint density at radius 2 is 1.50 bits per heavy atom. The maximum Gasteiger partial charge on any atom is 0.341 e. The van der Waals surface area contributed by atoms with Gasteiger partial charge in [0.15, 0.2) is 6.29 Å². The van der Waals surface area contributed by atoms with Crippen molar-refractivity contribution in [3.05, 3.63) is 60.2 Å². The molecule has 0 bridgehead atoms. The Labute approximate surface area is 116 Å². The molecule has 0 aliphatic carbocycles. The Bertz CT molecular complexity index is 736. The minimum absolute atomic E-state index is 0.500. The molecule has 3 aromatic rings. The van der Waals surface area contributed by atoms with Crippen molar-refractivity contribution in [2.24, 2.45) is 0 Å². The molecule has 0 heterocycles. The molecule has 1 atom stereocenters. The summed E-state index contributed by atoms with van der Waals surface area (Å²) in [5.41, 5.74) is 0.500. The first kappa shape index (κ1) is 12.6. The van der Waals surface area contributed by atoms with Crippen molar-refractivity contribution in [2.75, 3.05) is 0 Å². The van der Waals surface area contributed by atoms with Gasteiger partial charge >= 0.3 is 5.97 Å².